The molecule has 6 nitrogen and oxygen atoms in total. The molecule has 0 amide bonds. The Kier molecular flexibility index (Phi) is 14.7. The zero-order valence-electron chi connectivity index (χ0n) is 40.1. The van der Waals surface area contributed by atoms with E-state index in [1.54, 1.807) is 14.1 Å². The largest absolute Gasteiger partial charge is 0.489 e. The molecule has 0 aromatic heterocycles. The summed E-state index contributed by atoms with van der Waals surface area (Å²) in [5.41, 5.74) is 9.65. The van der Waals surface area contributed by atoms with Gasteiger partial charge in [-0.15, -0.1) is 0 Å². The lowest BCUT2D eigenvalue weighted by Gasteiger charge is -2.29. The average Bonchev–Trinajstić information content (AvgIpc) is 4.08. The maximum atomic E-state index is 14.6. The van der Waals surface area contributed by atoms with Crippen LogP contribution in [0.15, 0.2) is 145 Å². The fourth-order valence-electron chi connectivity index (χ4n) is 10.1. The Hall–Kier alpha value is -6.97. The van der Waals surface area contributed by atoms with Gasteiger partial charge < -0.3 is 20.1 Å². The zero-order chi connectivity index (χ0) is 48.9. The maximum absolute atomic E-state index is 14.6. The van der Waals surface area contributed by atoms with E-state index >= 15 is 0 Å². The van der Waals surface area contributed by atoms with Crippen molar-refractivity contribution in [3.05, 3.63) is 185 Å². The molecule has 9 heteroatoms. The highest BCUT2D eigenvalue weighted by molar-refractivity contribution is 6.26. The summed E-state index contributed by atoms with van der Waals surface area (Å²) in [6.45, 7) is 2.03. The first-order valence-corrected chi connectivity index (χ1v) is 24.7. The standard InChI is InChI=1S/C58H52F3NO4.C3H7N/c1-4-5-6-7-8-9-10-27-51(66-37-30-28-36(29-31-37)35-65-58(64)47(34-62(2)3)57(63)46-32-49(60)50(61)33-48(46)59)56-54-44-25-17-13-21-40(44)38-19-11-15-23-42(38)52(54)53-43-24-16-12-20-39(43)41-22-14-18-26-45(41)55(53)56;4-3-1-2-3/h11-26,28-34,51,56H,4-10,27,35H2,1-3H3;3H,1-2,4H2. The second-order valence-electron chi connectivity index (χ2n) is 18.9. The summed E-state index contributed by atoms with van der Waals surface area (Å²) in [7, 11) is 3.14. The van der Waals surface area contributed by atoms with E-state index in [2.05, 4.69) is 104 Å². The molecule has 2 aliphatic carbocycles. The van der Waals surface area contributed by atoms with Gasteiger partial charge in [-0.1, -0.05) is 155 Å². The summed E-state index contributed by atoms with van der Waals surface area (Å²) < 4.78 is 55.2. The molecule has 8 aromatic rings. The smallest absolute Gasteiger partial charge is 0.343 e. The number of unbranched alkanes of at least 4 members (excludes halogenated alkanes) is 6. The van der Waals surface area contributed by atoms with Crippen LogP contribution in [0.1, 0.15) is 104 Å². The number of carbonyl (C=O) groups is 2. The fraction of sp³-hybridized carbons (Fsp3) is 0.279. The molecule has 70 heavy (non-hydrogen) atoms. The Morgan fingerprint density at radius 2 is 1.09 bits per heavy atom. The predicted molar refractivity (Wildman–Crippen MR) is 277 cm³/mol. The Morgan fingerprint density at radius 1 is 0.629 bits per heavy atom. The van der Waals surface area contributed by atoms with Crippen LogP contribution >= 0.6 is 0 Å². The Morgan fingerprint density at radius 3 is 1.59 bits per heavy atom. The van der Waals surface area contributed by atoms with Gasteiger partial charge in [0.15, 0.2) is 11.6 Å². The van der Waals surface area contributed by atoms with Gasteiger partial charge in [0.05, 0.1) is 5.56 Å². The van der Waals surface area contributed by atoms with Crippen LogP contribution < -0.4 is 10.5 Å². The minimum absolute atomic E-state index is 0.112. The molecule has 0 spiro atoms. The van der Waals surface area contributed by atoms with Crippen molar-refractivity contribution in [2.24, 2.45) is 5.73 Å². The number of nitrogens with two attached hydrogens (primary N) is 1. The van der Waals surface area contributed by atoms with Crippen molar-refractivity contribution in [3.63, 3.8) is 0 Å². The Labute approximate surface area is 407 Å². The molecule has 358 valence electrons. The fourth-order valence-corrected chi connectivity index (χ4v) is 10.1. The van der Waals surface area contributed by atoms with Crippen molar-refractivity contribution in [1.82, 2.24) is 4.90 Å². The molecule has 1 fully saturated rings. The molecular weight excluding hydrogens is 882 g/mol. The van der Waals surface area contributed by atoms with E-state index in [0.29, 0.717) is 23.4 Å². The van der Waals surface area contributed by atoms with Crippen molar-refractivity contribution in [3.8, 4) is 16.9 Å². The van der Waals surface area contributed by atoms with Crippen molar-refractivity contribution >= 4 is 54.8 Å². The van der Waals surface area contributed by atoms with Crippen LogP contribution in [0.5, 0.6) is 5.75 Å². The van der Waals surface area contributed by atoms with Crippen LogP contribution in [0.3, 0.4) is 0 Å². The highest BCUT2D eigenvalue weighted by Gasteiger charge is 2.41. The molecule has 2 aliphatic rings. The summed E-state index contributed by atoms with van der Waals surface area (Å²) in [4.78, 5) is 28.1. The molecule has 0 bridgehead atoms. The van der Waals surface area contributed by atoms with Crippen LogP contribution in [0.4, 0.5) is 13.2 Å². The SMILES string of the molecule is CCCCCCCCCC(Oc1ccc(COC(=O)C(=CN(C)C)C(=O)c2cc(F)c(F)cc2F)cc1)C1c2c(c3ccccc3c3ccccc23)-c2c1c1ccccc1c1ccccc21.NC1CC1. The minimum atomic E-state index is -1.44. The number of hydrogen-bond donors (Lipinski definition) is 1. The number of ketones is 1. The normalized spacial score (nSPS) is 13.8. The number of fused-ring (bicyclic) bond motifs is 13. The number of rotatable bonds is 17. The molecule has 2 N–H and O–H groups in total. The van der Waals surface area contributed by atoms with E-state index in [1.807, 2.05) is 24.3 Å². The van der Waals surface area contributed by atoms with E-state index < -0.39 is 40.3 Å². The third kappa shape index (κ3) is 10.0. The molecule has 0 radical (unpaired) electrons. The number of esters is 1. The van der Waals surface area contributed by atoms with Gasteiger partial charge in [0.2, 0.25) is 5.78 Å². The Balaban J connectivity index is 0.00000145. The van der Waals surface area contributed by atoms with Crippen molar-refractivity contribution in [2.75, 3.05) is 14.1 Å². The van der Waals surface area contributed by atoms with Crippen LogP contribution in [0, 0.1) is 17.5 Å². The number of benzene rings is 8. The van der Waals surface area contributed by atoms with Crippen molar-refractivity contribution in [2.45, 2.75) is 95.8 Å². The van der Waals surface area contributed by atoms with Gasteiger partial charge in [-0.05, 0) is 115 Å². The molecule has 0 heterocycles. The topological polar surface area (TPSA) is 81.9 Å². The number of Topliss-reactive ketones (excluding diaryl/α,β-unsaturated/α-hetero) is 1. The summed E-state index contributed by atoms with van der Waals surface area (Å²) in [5, 5.41) is 9.77. The summed E-state index contributed by atoms with van der Waals surface area (Å²) >= 11 is 0. The summed E-state index contributed by atoms with van der Waals surface area (Å²) in [6, 6.07) is 43.8. The molecule has 1 saturated carbocycles. The molecule has 1 atom stereocenters. The van der Waals surface area contributed by atoms with Crippen LogP contribution in [-0.2, 0) is 16.1 Å². The summed E-state index contributed by atoms with van der Waals surface area (Å²) in [5.74, 6) is -5.75. The maximum Gasteiger partial charge on any atom is 0.343 e. The van der Waals surface area contributed by atoms with Gasteiger partial charge in [-0.2, -0.15) is 0 Å². The van der Waals surface area contributed by atoms with Crippen LogP contribution in [-0.4, -0.2) is 42.9 Å². The Bertz CT molecular complexity index is 3130. The highest BCUT2D eigenvalue weighted by atomic mass is 19.2. The predicted octanol–water partition coefficient (Wildman–Crippen LogP) is 14.9. The van der Waals surface area contributed by atoms with Gasteiger partial charge in [0, 0.05) is 38.3 Å². The lowest BCUT2D eigenvalue weighted by molar-refractivity contribution is -0.139. The van der Waals surface area contributed by atoms with Gasteiger partial charge in [-0.25, -0.2) is 18.0 Å². The molecule has 0 aliphatic heterocycles. The second kappa shape index (κ2) is 21.3. The van der Waals surface area contributed by atoms with Gasteiger partial charge in [0.1, 0.15) is 29.9 Å². The van der Waals surface area contributed by atoms with Crippen LogP contribution in [0.2, 0.25) is 0 Å². The molecular formula is C61H59F3N2O4. The first kappa shape index (κ1) is 48.1. The molecule has 10 rings (SSSR count). The van der Waals surface area contributed by atoms with E-state index in [0.717, 1.165) is 19.3 Å². The molecule has 0 saturated heterocycles. The minimum Gasteiger partial charge on any atom is -0.489 e. The number of halogens is 3. The van der Waals surface area contributed by atoms with E-state index in [1.165, 1.54) is 121 Å². The van der Waals surface area contributed by atoms with E-state index in [4.69, 9.17) is 15.2 Å². The van der Waals surface area contributed by atoms with E-state index in [-0.39, 0.29) is 24.7 Å². The lowest BCUT2D eigenvalue weighted by atomic mass is 9.82. The van der Waals surface area contributed by atoms with Gasteiger partial charge in [-0.3, -0.25) is 4.79 Å². The van der Waals surface area contributed by atoms with Crippen molar-refractivity contribution < 1.29 is 32.2 Å². The van der Waals surface area contributed by atoms with Crippen LogP contribution in [0.25, 0.3) is 54.2 Å². The quantitative estimate of drug-likeness (QED) is 0.0143. The van der Waals surface area contributed by atoms with Crippen molar-refractivity contribution in [1.29, 1.82) is 0 Å². The zero-order valence-corrected chi connectivity index (χ0v) is 40.1. The van der Waals surface area contributed by atoms with Gasteiger partial charge in [0.25, 0.3) is 0 Å². The highest BCUT2D eigenvalue weighted by Crippen LogP contribution is 2.58. The third-order valence-corrected chi connectivity index (χ3v) is 13.6. The summed E-state index contributed by atoms with van der Waals surface area (Å²) in [6.07, 6.45) is 12.5. The average molecular weight is 941 g/mol. The third-order valence-electron chi connectivity index (χ3n) is 13.6. The molecule has 1 unspecified atom stereocenters. The van der Waals surface area contributed by atoms with Gasteiger partial charge >= 0.3 is 5.97 Å². The number of nitrogens with zero attached hydrogens (tertiary/aromatic N) is 1. The monoisotopic (exact) mass is 940 g/mol. The number of carbonyl (C=O) groups excluding carboxylic acids is 2. The number of hydrogen-bond acceptors (Lipinski definition) is 6. The number of ether oxygens (including phenoxy) is 2. The van der Waals surface area contributed by atoms with E-state index in [9.17, 15) is 22.8 Å². The molecule has 8 aromatic carbocycles. The lowest BCUT2D eigenvalue weighted by Crippen LogP contribution is -2.26. The first-order valence-electron chi connectivity index (χ1n) is 24.7. The first-order chi connectivity index (χ1) is 34.0. The second-order valence-corrected chi connectivity index (χ2v) is 18.9.